The van der Waals surface area contributed by atoms with E-state index < -0.39 is 15.8 Å². The molecule has 1 amide bonds. The summed E-state index contributed by atoms with van der Waals surface area (Å²) in [5.41, 5.74) is 1.72. The minimum Gasteiger partial charge on any atom is -0.352 e. The van der Waals surface area contributed by atoms with Crippen LogP contribution in [0.25, 0.3) is 0 Å². The summed E-state index contributed by atoms with van der Waals surface area (Å²) < 4.78 is 40.6. The molecule has 0 aliphatic rings. The van der Waals surface area contributed by atoms with Gasteiger partial charge in [0.05, 0.1) is 4.90 Å². The summed E-state index contributed by atoms with van der Waals surface area (Å²) in [4.78, 5) is 14.6. The fourth-order valence-corrected chi connectivity index (χ4v) is 4.27. The average Bonchev–Trinajstić information content (AvgIpc) is 2.79. The van der Waals surface area contributed by atoms with Crippen molar-refractivity contribution in [2.75, 3.05) is 24.9 Å². The molecule has 0 unspecified atom stereocenters. The molecule has 3 rings (SSSR count). The van der Waals surface area contributed by atoms with Gasteiger partial charge in [0.2, 0.25) is 0 Å². The largest absolute Gasteiger partial charge is 0.352 e. The molecule has 0 spiro atoms. The summed E-state index contributed by atoms with van der Waals surface area (Å²) in [6.07, 6.45) is 0.763. The molecule has 0 fully saturated rings. The number of hydrogen-bond donors (Lipinski definition) is 2. The zero-order valence-electron chi connectivity index (χ0n) is 17.8. The third-order valence-corrected chi connectivity index (χ3v) is 6.18. The second-order valence-corrected chi connectivity index (χ2v) is 9.16. The van der Waals surface area contributed by atoms with E-state index in [0.717, 1.165) is 19.5 Å². The lowest BCUT2D eigenvalue weighted by molar-refractivity contribution is 0.0951. The van der Waals surface area contributed by atoms with Crippen LogP contribution in [0.3, 0.4) is 0 Å². The van der Waals surface area contributed by atoms with Gasteiger partial charge in [-0.05, 0) is 68.0 Å². The van der Waals surface area contributed by atoms with Gasteiger partial charge in [0.25, 0.3) is 15.9 Å². The third-order valence-electron chi connectivity index (χ3n) is 4.80. The number of rotatable bonds is 10. The van der Waals surface area contributed by atoms with Gasteiger partial charge in [0.15, 0.2) is 0 Å². The zero-order valence-corrected chi connectivity index (χ0v) is 18.6. The molecule has 0 aliphatic heterocycles. The van der Waals surface area contributed by atoms with Crippen molar-refractivity contribution in [3.8, 4) is 0 Å². The fourth-order valence-electron chi connectivity index (χ4n) is 3.16. The fraction of sp³-hybridized carbons (Fsp3) is 0.208. The van der Waals surface area contributed by atoms with Crippen molar-refractivity contribution in [3.05, 3.63) is 95.8 Å². The van der Waals surface area contributed by atoms with Gasteiger partial charge in [-0.3, -0.25) is 9.52 Å². The first-order chi connectivity index (χ1) is 15.3. The molecule has 8 heteroatoms. The summed E-state index contributed by atoms with van der Waals surface area (Å²) in [5.74, 6) is -0.799. The Morgan fingerprint density at radius 1 is 0.969 bits per heavy atom. The molecule has 0 atom stereocenters. The molecule has 168 valence electrons. The lowest BCUT2D eigenvalue weighted by atomic mass is 10.2. The number of benzene rings is 3. The van der Waals surface area contributed by atoms with Crippen molar-refractivity contribution in [1.29, 1.82) is 0 Å². The van der Waals surface area contributed by atoms with E-state index in [4.69, 9.17) is 0 Å². The molecule has 2 N–H and O–H groups in total. The molecule has 0 aromatic heterocycles. The second-order valence-electron chi connectivity index (χ2n) is 7.47. The van der Waals surface area contributed by atoms with Gasteiger partial charge in [-0.15, -0.1) is 0 Å². The Hall–Kier alpha value is -3.23. The van der Waals surface area contributed by atoms with Crippen molar-refractivity contribution in [2.45, 2.75) is 17.9 Å². The van der Waals surface area contributed by atoms with Crippen LogP contribution in [0, 0.1) is 5.82 Å². The highest BCUT2D eigenvalue weighted by Gasteiger charge is 2.16. The molecule has 0 saturated carbocycles. The van der Waals surface area contributed by atoms with Gasteiger partial charge < -0.3 is 10.2 Å². The van der Waals surface area contributed by atoms with Crippen LogP contribution >= 0.6 is 0 Å². The number of nitrogens with zero attached hydrogens (tertiary/aromatic N) is 1. The lowest BCUT2D eigenvalue weighted by Gasteiger charge is -2.16. The van der Waals surface area contributed by atoms with Gasteiger partial charge >= 0.3 is 0 Å². The maximum absolute atomic E-state index is 13.0. The van der Waals surface area contributed by atoms with Crippen LogP contribution in [-0.2, 0) is 16.6 Å². The Morgan fingerprint density at radius 2 is 1.69 bits per heavy atom. The van der Waals surface area contributed by atoms with Gasteiger partial charge in [-0.1, -0.05) is 36.4 Å². The van der Waals surface area contributed by atoms with Crippen molar-refractivity contribution >= 4 is 21.6 Å². The van der Waals surface area contributed by atoms with E-state index in [9.17, 15) is 17.6 Å². The highest BCUT2D eigenvalue weighted by atomic mass is 32.2. The average molecular weight is 456 g/mol. The van der Waals surface area contributed by atoms with E-state index in [2.05, 4.69) is 27.1 Å². The minimum absolute atomic E-state index is 0.0444. The molecule has 0 radical (unpaired) electrons. The number of halogens is 1. The van der Waals surface area contributed by atoms with Crippen molar-refractivity contribution in [1.82, 2.24) is 10.2 Å². The summed E-state index contributed by atoms with van der Waals surface area (Å²) >= 11 is 0. The first kappa shape index (κ1) is 23.4. The van der Waals surface area contributed by atoms with Gasteiger partial charge in [-0.2, -0.15) is 0 Å². The molecule has 0 aliphatic carbocycles. The van der Waals surface area contributed by atoms with Crippen LogP contribution in [0.1, 0.15) is 22.3 Å². The minimum atomic E-state index is -3.91. The number of nitrogens with one attached hydrogen (secondary N) is 2. The molecular weight excluding hydrogens is 429 g/mol. The highest BCUT2D eigenvalue weighted by molar-refractivity contribution is 7.92. The van der Waals surface area contributed by atoms with Crippen molar-refractivity contribution in [3.63, 3.8) is 0 Å². The van der Waals surface area contributed by atoms with Gasteiger partial charge in [0.1, 0.15) is 5.82 Å². The second kappa shape index (κ2) is 10.9. The van der Waals surface area contributed by atoms with E-state index in [0.29, 0.717) is 6.54 Å². The first-order valence-corrected chi connectivity index (χ1v) is 11.7. The van der Waals surface area contributed by atoms with E-state index in [1.807, 2.05) is 25.2 Å². The normalized spacial score (nSPS) is 11.3. The predicted octanol–water partition coefficient (Wildman–Crippen LogP) is 3.88. The smallest absolute Gasteiger partial charge is 0.261 e. The van der Waals surface area contributed by atoms with E-state index in [1.54, 1.807) is 6.07 Å². The van der Waals surface area contributed by atoms with Crippen LogP contribution in [-0.4, -0.2) is 39.4 Å². The van der Waals surface area contributed by atoms with E-state index in [1.165, 1.54) is 48.0 Å². The Balaban J connectivity index is 1.51. The van der Waals surface area contributed by atoms with Crippen LogP contribution in [0.4, 0.5) is 10.1 Å². The lowest BCUT2D eigenvalue weighted by Crippen LogP contribution is -2.28. The molecule has 6 nitrogen and oxygen atoms in total. The van der Waals surface area contributed by atoms with Gasteiger partial charge in [0, 0.05) is 24.3 Å². The molecule has 3 aromatic carbocycles. The Morgan fingerprint density at radius 3 is 2.41 bits per heavy atom. The van der Waals surface area contributed by atoms with Crippen LogP contribution in [0.5, 0.6) is 0 Å². The SMILES string of the molecule is CN(CCCNC(=O)c1cccc(S(=O)(=O)Nc2ccc(F)cc2)c1)Cc1ccccc1. The van der Waals surface area contributed by atoms with Crippen LogP contribution in [0.2, 0.25) is 0 Å². The first-order valence-electron chi connectivity index (χ1n) is 10.2. The van der Waals surface area contributed by atoms with E-state index >= 15 is 0 Å². The number of sulfonamides is 1. The topological polar surface area (TPSA) is 78.5 Å². The van der Waals surface area contributed by atoms with Crippen LogP contribution < -0.4 is 10.0 Å². The number of anilines is 1. The van der Waals surface area contributed by atoms with Gasteiger partial charge in [-0.25, -0.2) is 12.8 Å². The third kappa shape index (κ3) is 6.90. The highest BCUT2D eigenvalue weighted by Crippen LogP contribution is 2.17. The quantitative estimate of drug-likeness (QED) is 0.455. The predicted molar refractivity (Wildman–Crippen MR) is 123 cm³/mol. The van der Waals surface area contributed by atoms with Crippen molar-refractivity contribution < 1.29 is 17.6 Å². The summed E-state index contributed by atoms with van der Waals surface area (Å²) in [6, 6.07) is 20.9. The number of carbonyl (C=O) groups excluding carboxylic acids is 1. The monoisotopic (exact) mass is 455 g/mol. The molecule has 0 bridgehead atoms. The number of amides is 1. The number of hydrogen-bond acceptors (Lipinski definition) is 4. The van der Waals surface area contributed by atoms with E-state index in [-0.39, 0.29) is 22.1 Å². The standard InChI is InChI=1S/C24H26FN3O3S/c1-28(18-19-7-3-2-4-8-19)16-6-15-26-24(29)20-9-5-10-23(17-20)32(30,31)27-22-13-11-21(25)12-14-22/h2-5,7-14,17,27H,6,15-16,18H2,1H3,(H,26,29). The summed E-state index contributed by atoms with van der Waals surface area (Å²) in [7, 11) is -1.88. The maximum Gasteiger partial charge on any atom is 0.261 e. The molecule has 3 aromatic rings. The molecule has 32 heavy (non-hydrogen) atoms. The Kier molecular flexibility index (Phi) is 7.97. The zero-order chi connectivity index (χ0) is 23.0. The molecular formula is C24H26FN3O3S. The maximum atomic E-state index is 13.0. The Labute approximate surface area is 188 Å². The van der Waals surface area contributed by atoms with Crippen LogP contribution in [0.15, 0.2) is 83.8 Å². The molecule has 0 heterocycles. The van der Waals surface area contributed by atoms with Crippen molar-refractivity contribution in [2.24, 2.45) is 0 Å². The number of carbonyl (C=O) groups is 1. The Bertz CT molecular complexity index is 1140. The molecule has 0 saturated heterocycles. The summed E-state index contributed by atoms with van der Waals surface area (Å²) in [5, 5.41) is 2.83. The summed E-state index contributed by atoms with van der Waals surface area (Å²) in [6.45, 7) is 2.11.